The van der Waals surface area contributed by atoms with Gasteiger partial charge < -0.3 is 13.6 Å². The van der Waals surface area contributed by atoms with E-state index >= 15 is 4.39 Å². The number of hydrogen-bond donors (Lipinski definition) is 0. The Morgan fingerprint density at radius 3 is 2.09 bits per heavy atom. The molecule has 1 saturated heterocycles. The van der Waals surface area contributed by atoms with Gasteiger partial charge in [-0.3, -0.25) is 0 Å². The van der Waals surface area contributed by atoms with Crippen molar-refractivity contribution in [3.05, 3.63) is 0 Å². The Kier molecular flexibility index (Phi) is 8.70. The maximum atomic E-state index is 16.2. The van der Waals surface area contributed by atoms with Gasteiger partial charge in [-0.2, -0.15) is 0 Å². The average molecular weight is 349 g/mol. The molecule has 5 heteroatoms. The third-order valence-corrected chi connectivity index (χ3v) is 10.2. The van der Waals surface area contributed by atoms with Crippen LogP contribution in [0.2, 0.25) is 6.04 Å². The van der Waals surface area contributed by atoms with Crippen molar-refractivity contribution >= 4 is 8.56 Å². The van der Waals surface area contributed by atoms with E-state index in [0.29, 0.717) is 19.3 Å². The monoisotopic (exact) mass is 348 g/mol. The first kappa shape index (κ1) is 21.1. The number of unbranched alkanes of at least 4 members (excludes halogenated alkanes) is 4. The lowest BCUT2D eigenvalue weighted by molar-refractivity contribution is -0.126. The van der Waals surface area contributed by atoms with E-state index < -0.39 is 19.5 Å². The van der Waals surface area contributed by atoms with Crippen molar-refractivity contribution in [2.75, 3.05) is 21.3 Å². The molecule has 2 unspecified atom stereocenters. The fourth-order valence-electron chi connectivity index (χ4n) is 4.51. The summed E-state index contributed by atoms with van der Waals surface area (Å²) >= 11 is 0. The Bertz CT molecular complexity index is 338. The fraction of sp³-hybridized carbons (Fsp3) is 1.00. The molecule has 3 nitrogen and oxygen atoms in total. The van der Waals surface area contributed by atoms with Crippen molar-refractivity contribution in [2.45, 2.75) is 95.0 Å². The van der Waals surface area contributed by atoms with Crippen LogP contribution in [0, 0.1) is 0 Å². The van der Waals surface area contributed by atoms with Gasteiger partial charge in [0.2, 0.25) is 0 Å². The summed E-state index contributed by atoms with van der Waals surface area (Å²) in [6.07, 6.45) is 9.15. The van der Waals surface area contributed by atoms with Crippen LogP contribution in [0.4, 0.5) is 4.39 Å². The summed E-state index contributed by atoms with van der Waals surface area (Å²) in [6, 6.07) is 0.815. The van der Waals surface area contributed by atoms with Gasteiger partial charge in [0.05, 0.1) is 0 Å². The molecule has 0 spiro atoms. The van der Waals surface area contributed by atoms with Crippen LogP contribution in [0.1, 0.15) is 78.1 Å². The molecule has 0 amide bonds. The first-order valence-corrected chi connectivity index (χ1v) is 11.4. The van der Waals surface area contributed by atoms with Crippen molar-refractivity contribution in [1.82, 2.24) is 0 Å². The predicted molar refractivity (Wildman–Crippen MR) is 95.7 cm³/mol. The van der Waals surface area contributed by atoms with Crippen molar-refractivity contribution in [3.8, 4) is 0 Å². The summed E-state index contributed by atoms with van der Waals surface area (Å²) in [5, 5.41) is -0.888. The Morgan fingerprint density at radius 2 is 1.57 bits per heavy atom. The van der Waals surface area contributed by atoms with Gasteiger partial charge in [0.25, 0.3) is 0 Å². The number of hydrogen-bond acceptors (Lipinski definition) is 3. The van der Waals surface area contributed by atoms with E-state index in [2.05, 4.69) is 13.8 Å². The number of halogens is 1. The molecule has 0 aliphatic carbocycles. The average Bonchev–Trinajstić information content (AvgIpc) is 2.56. The lowest BCUT2D eigenvalue weighted by Gasteiger charge is -2.55. The Labute approximate surface area is 143 Å². The van der Waals surface area contributed by atoms with Crippen LogP contribution in [0.5, 0.6) is 0 Å². The fourth-order valence-corrected chi connectivity index (χ4v) is 8.66. The quantitative estimate of drug-likeness (QED) is 0.374. The minimum absolute atomic E-state index is 0.562. The van der Waals surface area contributed by atoms with Crippen molar-refractivity contribution in [2.24, 2.45) is 0 Å². The number of ether oxygens (including phenoxy) is 1. The molecular weight excluding hydrogens is 311 g/mol. The maximum absolute atomic E-state index is 16.2. The molecule has 1 heterocycles. The highest BCUT2D eigenvalue weighted by atomic mass is 28.4. The van der Waals surface area contributed by atoms with Crippen molar-refractivity contribution < 1.29 is 18.0 Å². The highest BCUT2D eigenvalue weighted by Gasteiger charge is 2.70. The van der Waals surface area contributed by atoms with Gasteiger partial charge in [-0.05, 0) is 31.7 Å². The molecule has 23 heavy (non-hydrogen) atoms. The van der Waals surface area contributed by atoms with Gasteiger partial charge in [0.1, 0.15) is 10.9 Å². The highest BCUT2D eigenvalue weighted by Crippen LogP contribution is 2.53. The lowest BCUT2D eigenvalue weighted by Crippen LogP contribution is -2.74. The van der Waals surface area contributed by atoms with Crippen LogP contribution in [0.3, 0.4) is 0 Å². The molecule has 0 aromatic rings. The molecule has 0 saturated carbocycles. The summed E-state index contributed by atoms with van der Waals surface area (Å²) in [7, 11) is 2.25. The summed E-state index contributed by atoms with van der Waals surface area (Å²) in [4.78, 5) is 0. The maximum Gasteiger partial charge on any atom is 0.374 e. The molecule has 138 valence electrons. The molecular formula is C18H37FO3Si. The second-order valence-electron chi connectivity index (χ2n) is 6.93. The smallest absolute Gasteiger partial charge is 0.374 e. The van der Waals surface area contributed by atoms with Gasteiger partial charge in [0.15, 0.2) is 0 Å². The number of alkyl halides is 1. The molecule has 0 bridgehead atoms. The van der Waals surface area contributed by atoms with Gasteiger partial charge in [-0.15, -0.1) is 0 Å². The zero-order valence-electron chi connectivity index (χ0n) is 15.9. The molecule has 1 aliphatic rings. The van der Waals surface area contributed by atoms with Crippen LogP contribution in [-0.4, -0.2) is 40.8 Å². The van der Waals surface area contributed by atoms with E-state index in [1.165, 1.54) is 19.3 Å². The summed E-state index contributed by atoms with van der Waals surface area (Å²) in [5.74, 6) is 0. The SMILES string of the molecule is CCCCCCCC1(F)CCC[Si](OC)(OC)C1(CCC)OC. The largest absolute Gasteiger partial charge is 0.396 e. The predicted octanol–water partition coefficient (Wildman–Crippen LogP) is 5.31. The van der Waals surface area contributed by atoms with E-state index in [1.807, 2.05) is 0 Å². The third kappa shape index (κ3) is 3.99. The van der Waals surface area contributed by atoms with E-state index in [1.54, 1.807) is 21.3 Å². The van der Waals surface area contributed by atoms with Gasteiger partial charge in [-0.25, -0.2) is 4.39 Å². The topological polar surface area (TPSA) is 27.7 Å². The molecule has 1 fully saturated rings. The van der Waals surface area contributed by atoms with Gasteiger partial charge in [-0.1, -0.05) is 52.4 Å². The number of methoxy groups -OCH3 is 1. The molecule has 0 N–H and O–H groups in total. The number of rotatable bonds is 11. The third-order valence-electron chi connectivity index (χ3n) is 5.70. The molecule has 0 aromatic carbocycles. The minimum atomic E-state index is -2.74. The van der Waals surface area contributed by atoms with Crippen LogP contribution >= 0.6 is 0 Å². The van der Waals surface area contributed by atoms with Crippen LogP contribution < -0.4 is 0 Å². The van der Waals surface area contributed by atoms with E-state index in [9.17, 15) is 0 Å². The van der Waals surface area contributed by atoms with E-state index in [-0.39, 0.29) is 0 Å². The van der Waals surface area contributed by atoms with Crippen LogP contribution in [0.25, 0.3) is 0 Å². The standard InChI is InChI=1S/C18H37FO3Si/c1-6-8-9-10-11-14-17(19)15-12-16-23(21-4,22-5)18(17,20-3)13-7-2/h6-16H2,1-5H3. The molecule has 2 atom stereocenters. The van der Waals surface area contributed by atoms with E-state index in [4.69, 9.17) is 13.6 Å². The molecule has 0 radical (unpaired) electrons. The summed E-state index contributed by atoms with van der Waals surface area (Å²) in [5.41, 5.74) is -1.33. The van der Waals surface area contributed by atoms with Crippen LogP contribution in [-0.2, 0) is 13.6 Å². The first-order chi connectivity index (χ1) is 11.0. The Hall–Kier alpha value is 0.0269. The zero-order valence-corrected chi connectivity index (χ0v) is 16.9. The second kappa shape index (κ2) is 9.49. The molecule has 1 rings (SSSR count). The summed E-state index contributed by atoms with van der Waals surface area (Å²) < 4.78 is 33.9. The van der Waals surface area contributed by atoms with Gasteiger partial charge >= 0.3 is 8.56 Å². The highest BCUT2D eigenvalue weighted by molar-refractivity contribution is 6.71. The summed E-state index contributed by atoms with van der Waals surface area (Å²) in [6.45, 7) is 4.29. The zero-order chi connectivity index (χ0) is 17.4. The molecule has 0 aromatic heterocycles. The van der Waals surface area contributed by atoms with Crippen molar-refractivity contribution in [1.29, 1.82) is 0 Å². The normalized spacial score (nSPS) is 30.5. The van der Waals surface area contributed by atoms with Crippen LogP contribution in [0.15, 0.2) is 0 Å². The minimum Gasteiger partial charge on any atom is -0.396 e. The van der Waals surface area contributed by atoms with Gasteiger partial charge in [0, 0.05) is 21.3 Å². The molecule has 1 aliphatic heterocycles. The Morgan fingerprint density at radius 1 is 0.913 bits per heavy atom. The Balaban J connectivity index is 3.00. The first-order valence-electron chi connectivity index (χ1n) is 9.35. The van der Waals surface area contributed by atoms with Crippen molar-refractivity contribution in [3.63, 3.8) is 0 Å². The second-order valence-corrected chi connectivity index (χ2v) is 10.6. The van der Waals surface area contributed by atoms with E-state index in [0.717, 1.165) is 31.7 Å². The lowest BCUT2D eigenvalue weighted by atomic mass is 9.84.